The van der Waals surface area contributed by atoms with Gasteiger partial charge in [0.2, 0.25) is 0 Å². The van der Waals surface area contributed by atoms with Gasteiger partial charge in [0.1, 0.15) is 44.9 Å². The Balaban J connectivity index is 0.000000189. The molecule has 0 unspecified atom stereocenters. The third-order valence-corrected chi connectivity index (χ3v) is 12.8. The third kappa shape index (κ3) is 7.91. The molecule has 0 aliphatic rings. The molecule has 0 amide bonds. The predicted molar refractivity (Wildman–Crippen MR) is 245 cm³/mol. The second kappa shape index (κ2) is 16.1. The van der Waals surface area contributed by atoms with Gasteiger partial charge in [-0.25, -0.2) is 0 Å². The molecular weight excluding hydrogens is 741 g/mol. The van der Waals surface area contributed by atoms with Gasteiger partial charge in [0, 0.05) is 22.0 Å². The summed E-state index contributed by atoms with van der Waals surface area (Å²) in [4.78, 5) is 3.14. The van der Waals surface area contributed by atoms with Crippen molar-refractivity contribution in [3.8, 4) is 22.9 Å². The SMILES string of the molecule is CC(C)(c1ccccc1)c1cc(-n2nc3ccccc3n2)c(O)c(C(C)(C)c2ccccc2)c1.CCC(C)(C)c1cc(-n2nc3ccccc3n2)c(O)c(C(C)(C)CC)c1. The lowest BCUT2D eigenvalue weighted by Gasteiger charge is -2.32. The van der Waals surface area contributed by atoms with Gasteiger partial charge in [-0.3, -0.25) is 0 Å². The first-order chi connectivity index (χ1) is 28.5. The van der Waals surface area contributed by atoms with Gasteiger partial charge in [-0.1, -0.05) is 166 Å². The van der Waals surface area contributed by atoms with Gasteiger partial charge >= 0.3 is 0 Å². The van der Waals surface area contributed by atoms with Crippen LogP contribution in [0.5, 0.6) is 11.5 Å². The van der Waals surface area contributed by atoms with Crippen molar-refractivity contribution in [2.45, 2.75) is 104 Å². The molecule has 2 N–H and O–H groups in total. The van der Waals surface area contributed by atoms with E-state index in [-0.39, 0.29) is 27.7 Å². The molecule has 0 radical (unpaired) electrons. The summed E-state index contributed by atoms with van der Waals surface area (Å²) < 4.78 is 0. The van der Waals surface area contributed by atoms with Crippen LogP contribution in [0.2, 0.25) is 0 Å². The van der Waals surface area contributed by atoms with Gasteiger partial charge in [-0.05, 0) is 82.3 Å². The van der Waals surface area contributed by atoms with Crippen LogP contribution in [-0.2, 0) is 21.7 Å². The van der Waals surface area contributed by atoms with Crippen molar-refractivity contribution in [3.05, 3.63) is 167 Å². The first-order valence-corrected chi connectivity index (χ1v) is 21.0. The van der Waals surface area contributed by atoms with Crippen LogP contribution < -0.4 is 0 Å². The van der Waals surface area contributed by atoms with Crippen molar-refractivity contribution >= 4 is 22.1 Å². The van der Waals surface area contributed by atoms with Crippen LogP contribution in [0.3, 0.4) is 0 Å². The summed E-state index contributed by atoms with van der Waals surface area (Å²) in [7, 11) is 0. The minimum Gasteiger partial charge on any atom is -0.505 e. The molecule has 8 heteroatoms. The summed E-state index contributed by atoms with van der Waals surface area (Å²) in [6.07, 6.45) is 1.95. The summed E-state index contributed by atoms with van der Waals surface area (Å²) in [6.45, 7) is 21.9. The Morgan fingerprint density at radius 3 is 1.17 bits per heavy atom. The number of phenolic OH excluding ortho intramolecular Hbond substituents is 2. The lowest BCUT2D eigenvalue weighted by molar-refractivity contribution is 0.420. The molecule has 308 valence electrons. The van der Waals surface area contributed by atoms with Gasteiger partial charge in [-0.2, -0.15) is 0 Å². The average Bonchev–Trinajstić information content (AvgIpc) is 3.89. The van der Waals surface area contributed by atoms with E-state index in [1.807, 2.05) is 84.9 Å². The highest BCUT2D eigenvalue weighted by atomic mass is 16.3. The Labute approximate surface area is 354 Å². The fraction of sp³-hybridized carbons (Fsp3) is 0.308. The number of aromatic hydroxyl groups is 2. The second-order valence-corrected chi connectivity index (χ2v) is 18.2. The first-order valence-electron chi connectivity index (χ1n) is 21.0. The molecule has 0 atom stereocenters. The third-order valence-electron chi connectivity index (χ3n) is 12.8. The lowest BCUT2D eigenvalue weighted by atomic mass is 9.72. The normalized spacial score (nSPS) is 12.4. The van der Waals surface area contributed by atoms with Crippen LogP contribution in [0.4, 0.5) is 0 Å². The quantitative estimate of drug-likeness (QED) is 0.143. The largest absolute Gasteiger partial charge is 0.505 e. The Morgan fingerprint density at radius 1 is 0.400 bits per heavy atom. The number of phenols is 2. The van der Waals surface area contributed by atoms with Crippen molar-refractivity contribution < 1.29 is 10.2 Å². The Hall–Kier alpha value is -6.28. The van der Waals surface area contributed by atoms with Crippen molar-refractivity contribution in [2.75, 3.05) is 0 Å². The second-order valence-electron chi connectivity index (χ2n) is 18.2. The van der Waals surface area contributed by atoms with Crippen LogP contribution in [0.15, 0.2) is 133 Å². The number of rotatable bonds is 10. The standard InChI is InChI=1S/C30H29N3O.C22H29N3O/c1-29(2,21-13-7-5-8-14-21)23-19-24(30(3,4)22-15-9-6-10-16-22)28(34)27(20-23)33-31-25-17-11-12-18-26(25)32-33;1-7-21(3,4)15-13-16(22(5,6)8-2)20(26)19(14-15)25-23-17-11-9-10-12-18(17)24-25/h5-20,34H,1-4H3;9-14,26H,7-8H2,1-6H3. The van der Waals surface area contributed by atoms with E-state index in [1.54, 1.807) is 9.59 Å². The molecule has 0 fully saturated rings. The van der Waals surface area contributed by atoms with Crippen LogP contribution in [-0.4, -0.2) is 40.2 Å². The fourth-order valence-corrected chi connectivity index (χ4v) is 7.65. The molecule has 2 heterocycles. The Kier molecular flexibility index (Phi) is 11.2. The maximum atomic E-state index is 11.6. The van der Waals surface area contributed by atoms with Gasteiger partial charge in [0.25, 0.3) is 0 Å². The number of aromatic nitrogens is 6. The topological polar surface area (TPSA) is 102 Å². The molecule has 60 heavy (non-hydrogen) atoms. The van der Waals surface area contributed by atoms with Gasteiger partial charge < -0.3 is 10.2 Å². The zero-order valence-electron chi connectivity index (χ0n) is 36.7. The smallest absolute Gasteiger partial charge is 0.147 e. The summed E-state index contributed by atoms with van der Waals surface area (Å²) in [6, 6.07) is 44.6. The van der Waals surface area contributed by atoms with E-state index in [0.717, 1.165) is 57.2 Å². The molecule has 6 aromatic carbocycles. The fourth-order valence-electron chi connectivity index (χ4n) is 7.65. The van der Waals surface area contributed by atoms with Crippen LogP contribution in [0.1, 0.15) is 115 Å². The zero-order chi connectivity index (χ0) is 43.0. The summed E-state index contributed by atoms with van der Waals surface area (Å²) in [5.41, 5.74) is 10.0. The highest BCUT2D eigenvalue weighted by molar-refractivity contribution is 5.75. The summed E-state index contributed by atoms with van der Waals surface area (Å²) in [5, 5.41) is 41.3. The van der Waals surface area contributed by atoms with E-state index < -0.39 is 5.41 Å². The van der Waals surface area contributed by atoms with Gasteiger partial charge in [0.15, 0.2) is 0 Å². The molecule has 0 aliphatic heterocycles. The monoisotopic (exact) mass is 798 g/mol. The van der Waals surface area contributed by atoms with Crippen LogP contribution in [0, 0.1) is 0 Å². The number of benzene rings is 6. The van der Waals surface area contributed by atoms with E-state index in [4.69, 9.17) is 0 Å². The van der Waals surface area contributed by atoms with Crippen LogP contribution in [0.25, 0.3) is 33.4 Å². The molecule has 2 aromatic heterocycles. The predicted octanol–water partition coefficient (Wildman–Crippen LogP) is 12.3. The Morgan fingerprint density at radius 2 is 0.750 bits per heavy atom. The molecule has 8 nitrogen and oxygen atoms in total. The number of nitrogens with zero attached hydrogens (tertiary/aromatic N) is 6. The minimum absolute atomic E-state index is 0.00754. The van der Waals surface area contributed by atoms with E-state index in [0.29, 0.717) is 11.4 Å². The average molecular weight is 799 g/mol. The summed E-state index contributed by atoms with van der Waals surface area (Å²) in [5.74, 6) is 0.467. The molecule has 0 saturated heterocycles. The minimum atomic E-state index is -0.435. The highest BCUT2D eigenvalue weighted by Crippen LogP contribution is 2.44. The van der Waals surface area contributed by atoms with Crippen molar-refractivity contribution in [3.63, 3.8) is 0 Å². The van der Waals surface area contributed by atoms with Crippen molar-refractivity contribution in [1.29, 1.82) is 0 Å². The maximum absolute atomic E-state index is 11.6. The molecule has 0 bridgehead atoms. The molecule has 0 saturated carbocycles. The Bertz CT molecular complexity index is 2700. The van der Waals surface area contributed by atoms with E-state index >= 15 is 0 Å². The molecule has 8 rings (SSSR count). The zero-order valence-corrected chi connectivity index (χ0v) is 36.7. The lowest BCUT2D eigenvalue weighted by Crippen LogP contribution is -2.24. The van der Waals surface area contributed by atoms with E-state index in [2.05, 4.69) is 138 Å². The van der Waals surface area contributed by atoms with E-state index in [1.165, 1.54) is 11.1 Å². The van der Waals surface area contributed by atoms with Crippen molar-refractivity contribution in [1.82, 2.24) is 30.0 Å². The highest BCUT2D eigenvalue weighted by Gasteiger charge is 2.33. The van der Waals surface area contributed by atoms with E-state index in [9.17, 15) is 10.2 Å². The van der Waals surface area contributed by atoms with Crippen molar-refractivity contribution in [2.24, 2.45) is 0 Å². The number of hydrogen-bond donors (Lipinski definition) is 2. The summed E-state index contributed by atoms with van der Waals surface area (Å²) >= 11 is 0. The van der Waals surface area contributed by atoms with Gasteiger partial charge in [0.05, 0.1) is 0 Å². The molecule has 8 aromatic rings. The number of fused-ring (bicyclic) bond motifs is 2. The number of hydrogen-bond acceptors (Lipinski definition) is 6. The van der Waals surface area contributed by atoms with Crippen LogP contribution >= 0.6 is 0 Å². The molecule has 0 spiro atoms. The van der Waals surface area contributed by atoms with Gasteiger partial charge in [-0.15, -0.1) is 30.0 Å². The molecule has 0 aliphatic carbocycles. The maximum Gasteiger partial charge on any atom is 0.147 e. The molecular formula is C52H58N6O2. The first kappa shape index (κ1) is 41.9.